The van der Waals surface area contributed by atoms with E-state index in [1.807, 2.05) is 32.9 Å². The molecule has 1 amide bonds. The van der Waals surface area contributed by atoms with E-state index in [4.69, 9.17) is 0 Å². The number of guanidine groups is 1. The van der Waals surface area contributed by atoms with Gasteiger partial charge in [-0.1, -0.05) is 26.0 Å². The summed E-state index contributed by atoms with van der Waals surface area (Å²) in [5.74, 6) is 0.174. The van der Waals surface area contributed by atoms with Crippen LogP contribution in [0.3, 0.4) is 0 Å². The molecule has 0 aliphatic heterocycles. The number of hydrogen-bond donors (Lipinski definition) is 3. The predicted octanol–water partition coefficient (Wildman–Crippen LogP) is 3.29. The van der Waals surface area contributed by atoms with E-state index in [0.717, 1.165) is 5.56 Å². The van der Waals surface area contributed by atoms with Gasteiger partial charge in [0.15, 0.2) is 5.96 Å². The summed E-state index contributed by atoms with van der Waals surface area (Å²) in [6.45, 7) is 6.11. The summed E-state index contributed by atoms with van der Waals surface area (Å²) in [6.07, 6.45) is -5.11. The van der Waals surface area contributed by atoms with Crippen molar-refractivity contribution in [3.8, 4) is 0 Å². The third-order valence-corrected chi connectivity index (χ3v) is 3.21. The van der Waals surface area contributed by atoms with Gasteiger partial charge < -0.3 is 16.0 Å². The Morgan fingerprint density at radius 3 is 2.32 bits per heavy atom. The third kappa shape index (κ3) is 8.97. The summed E-state index contributed by atoms with van der Waals surface area (Å²) in [6, 6.07) is 7.18. The Kier molecular flexibility index (Phi) is 8.24. The molecular weight excluding hydrogens is 333 g/mol. The largest absolute Gasteiger partial charge is 0.390 e. The molecule has 0 radical (unpaired) electrons. The first-order chi connectivity index (χ1) is 11.7. The van der Waals surface area contributed by atoms with Crippen LogP contribution in [0.15, 0.2) is 29.3 Å². The lowest BCUT2D eigenvalue weighted by molar-refractivity contribution is -0.132. The van der Waals surface area contributed by atoms with E-state index >= 15 is 0 Å². The van der Waals surface area contributed by atoms with Crippen LogP contribution in [0.2, 0.25) is 0 Å². The Morgan fingerprint density at radius 2 is 1.80 bits per heavy atom. The highest BCUT2D eigenvalue weighted by Gasteiger charge is 2.26. The van der Waals surface area contributed by atoms with Crippen LogP contribution in [0.4, 0.5) is 18.9 Å². The summed E-state index contributed by atoms with van der Waals surface area (Å²) in [5, 5.41) is 8.35. The minimum Gasteiger partial charge on any atom is -0.357 e. The van der Waals surface area contributed by atoms with Crippen molar-refractivity contribution in [1.82, 2.24) is 10.6 Å². The van der Waals surface area contributed by atoms with Gasteiger partial charge in [-0.25, -0.2) is 4.99 Å². The van der Waals surface area contributed by atoms with Crippen molar-refractivity contribution in [2.75, 3.05) is 18.4 Å². The number of carbonyl (C=O) groups is 1. The van der Waals surface area contributed by atoms with Gasteiger partial charge in [0.1, 0.15) is 0 Å². The third-order valence-electron chi connectivity index (χ3n) is 3.21. The van der Waals surface area contributed by atoms with Crippen LogP contribution in [0.25, 0.3) is 0 Å². The molecule has 0 aromatic heterocycles. The summed E-state index contributed by atoms with van der Waals surface area (Å²) in [7, 11) is 0. The SMILES string of the molecule is CCNC(=NCc1ccc(NC(=O)C(C)C)cc1)NCCC(F)(F)F. The molecular formula is C17H25F3N4O. The number of anilines is 1. The molecule has 0 unspecified atom stereocenters. The lowest BCUT2D eigenvalue weighted by Crippen LogP contribution is -2.38. The fourth-order valence-corrected chi connectivity index (χ4v) is 1.81. The summed E-state index contributed by atoms with van der Waals surface area (Å²) in [5.41, 5.74) is 1.58. The number of nitrogens with zero attached hydrogens (tertiary/aromatic N) is 1. The van der Waals surface area contributed by atoms with E-state index in [1.165, 1.54) is 0 Å². The standard InChI is InChI=1S/C17H25F3N4O/c1-4-21-16(22-10-9-17(18,19)20)23-11-13-5-7-14(8-6-13)24-15(25)12(2)3/h5-8,12H,4,9-11H2,1-3H3,(H,24,25)(H2,21,22,23). The smallest absolute Gasteiger partial charge is 0.357 e. The maximum Gasteiger partial charge on any atom is 0.390 e. The number of benzene rings is 1. The summed E-state index contributed by atoms with van der Waals surface area (Å²) in [4.78, 5) is 15.9. The van der Waals surface area contributed by atoms with Crippen molar-refractivity contribution in [1.29, 1.82) is 0 Å². The normalized spacial score (nSPS) is 12.2. The van der Waals surface area contributed by atoms with Gasteiger partial charge in [0.2, 0.25) is 5.91 Å². The van der Waals surface area contributed by atoms with Crippen LogP contribution >= 0.6 is 0 Å². The van der Waals surface area contributed by atoms with Crippen LogP contribution in [-0.2, 0) is 11.3 Å². The van der Waals surface area contributed by atoms with E-state index in [0.29, 0.717) is 24.7 Å². The maximum absolute atomic E-state index is 12.2. The van der Waals surface area contributed by atoms with E-state index in [-0.39, 0.29) is 18.4 Å². The number of halogens is 3. The van der Waals surface area contributed by atoms with Crippen molar-refractivity contribution in [3.63, 3.8) is 0 Å². The number of carbonyl (C=O) groups excluding carboxylic acids is 1. The Hall–Kier alpha value is -2.25. The monoisotopic (exact) mass is 358 g/mol. The molecule has 0 aliphatic rings. The molecule has 3 N–H and O–H groups in total. The van der Waals surface area contributed by atoms with Gasteiger partial charge in [-0.2, -0.15) is 13.2 Å². The molecule has 1 rings (SSSR count). The Bertz CT molecular complexity index is 568. The predicted molar refractivity (Wildman–Crippen MR) is 93.4 cm³/mol. The zero-order chi connectivity index (χ0) is 18.9. The highest BCUT2D eigenvalue weighted by molar-refractivity contribution is 5.92. The van der Waals surface area contributed by atoms with Gasteiger partial charge >= 0.3 is 6.18 Å². The highest BCUT2D eigenvalue weighted by Crippen LogP contribution is 2.18. The summed E-state index contributed by atoms with van der Waals surface area (Å²) < 4.78 is 36.6. The van der Waals surface area contributed by atoms with Crippen molar-refractivity contribution in [2.45, 2.75) is 39.9 Å². The van der Waals surface area contributed by atoms with Gasteiger partial charge in [-0.05, 0) is 24.6 Å². The maximum atomic E-state index is 12.2. The number of hydrogen-bond acceptors (Lipinski definition) is 2. The summed E-state index contributed by atoms with van der Waals surface area (Å²) >= 11 is 0. The van der Waals surface area contributed by atoms with Crippen LogP contribution in [0.5, 0.6) is 0 Å². The molecule has 8 heteroatoms. The molecule has 0 saturated heterocycles. The molecule has 0 heterocycles. The molecule has 0 fully saturated rings. The number of aliphatic imine (C=N–C) groups is 1. The zero-order valence-corrected chi connectivity index (χ0v) is 14.7. The van der Waals surface area contributed by atoms with Crippen LogP contribution < -0.4 is 16.0 Å². The van der Waals surface area contributed by atoms with Crippen molar-refractivity contribution >= 4 is 17.6 Å². The van der Waals surface area contributed by atoms with Crippen molar-refractivity contribution < 1.29 is 18.0 Å². The average molecular weight is 358 g/mol. The van der Waals surface area contributed by atoms with Crippen LogP contribution in [0, 0.1) is 5.92 Å². The highest BCUT2D eigenvalue weighted by atomic mass is 19.4. The minimum absolute atomic E-state index is 0.0610. The average Bonchev–Trinajstić information content (AvgIpc) is 2.52. The van der Waals surface area contributed by atoms with Crippen LogP contribution in [0.1, 0.15) is 32.8 Å². The van der Waals surface area contributed by atoms with Crippen molar-refractivity contribution in [3.05, 3.63) is 29.8 Å². The zero-order valence-electron chi connectivity index (χ0n) is 14.7. The number of alkyl halides is 3. The number of nitrogens with one attached hydrogen (secondary N) is 3. The van der Waals surface area contributed by atoms with Gasteiger partial charge in [0.25, 0.3) is 0 Å². The van der Waals surface area contributed by atoms with E-state index in [1.54, 1.807) is 12.1 Å². The quantitative estimate of drug-likeness (QED) is 0.518. The lowest BCUT2D eigenvalue weighted by Gasteiger charge is -2.12. The molecule has 5 nitrogen and oxygen atoms in total. The molecule has 0 spiro atoms. The Labute approximate surface area is 146 Å². The van der Waals surface area contributed by atoms with Crippen molar-refractivity contribution in [2.24, 2.45) is 10.9 Å². The van der Waals surface area contributed by atoms with E-state index in [9.17, 15) is 18.0 Å². The lowest BCUT2D eigenvalue weighted by atomic mass is 10.2. The fourth-order valence-electron chi connectivity index (χ4n) is 1.81. The van der Waals surface area contributed by atoms with Gasteiger partial charge in [-0.3, -0.25) is 4.79 Å². The molecule has 1 aromatic carbocycles. The molecule has 1 aromatic rings. The molecule has 0 saturated carbocycles. The fraction of sp³-hybridized carbons (Fsp3) is 0.529. The Morgan fingerprint density at radius 1 is 1.16 bits per heavy atom. The first-order valence-electron chi connectivity index (χ1n) is 8.20. The topological polar surface area (TPSA) is 65.5 Å². The number of amides is 1. The van der Waals surface area contributed by atoms with E-state index < -0.39 is 12.6 Å². The van der Waals surface area contributed by atoms with Gasteiger partial charge in [0.05, 0.1) is 13.0 Å². The second kappa shape index (κ2) is 9.90. The molecule has 25 heavy (non-hydrogen) atoms. The second-order valence-electron chi connectivity index (χ2n) is 5.83. The molecule has 140 valence electrons. The first kappa shape index (κ1) is 20.8. The second-order valence-corrected chi connectivity index (χ2v) is 5.83. The van der Waals surface area contributed by atoms with Gasteiger partial charge in [0, 0.05) is 24.7 Å². The molecule has 0 aliphatic carbocycles. The molecule has 0 atom stereocenters. The van der Waals surface area contributed by atoms with Gasteiger partial charge in [-0.15, -0.1) is 0 Å². The van der Waals surface area contributed by atoms with Crippen LogP contribution in [-0.4, -0.2) is 31.1 Å². The first-order valence-corrected chi connectivity index (χ1v) is 8.20. The number of rotatable bonds is 7. The Balaban J connectivity index is 2.59. The minimum atomic E-state index is -4.19. The van der Waals surface area contributed by atoms with E-state index in [2.05, 4.69) is 20.9 Å². The molecule has 0 bridgehead atoms.